The van der Waals surface area contributed by atoms with E-state index in [0.29, 0.717) is 5.95 Å². The Labute approximate surface area is 129 Å². The number of carbonyl (C=O) groups excluding carboxylic acids is 2. The van der Waals surface area contributed by atoms with E-state index < -0.39 is 0 Å². The molecular weight excluding hydrogens is 282 g/mol. The molecule has 7 heteroatoms. The highest BCUT2D eigenvalue weighted by atomic mass is 16.2. The SMILES string of the molecule is Cc1cc(C)nc(NN2C(=O)C[C@H](N3CCCCC3)C2=O)n1. The van der Waals surface area contributed by atoms with E-state index in [1.54, 1.807) is 0 Å². The molecule has 0 radical (unpaired) electrons. The van der Waals surface area contributed by atoms with Gasteiger partial charge in [0.05, 0.1) is 6.42 Å². The predicted octanol–water partition coefficient (Wildman–Crippen LogP) is 1.03. The van der Waals surface area contributed by atoms with E-state index in [1.807, 2.05) is 19.9 Å². The Morgan fingerprint density at radius 2 is 1.73 bits per heavy atom. The van der Waals surface area contributed by atoms with Crippen LogP contribution in [0.15, 0.2) is 6.07 Å². The molecule has 0 aliphatic carbocycles. The van der Waals surface area contributed by atoms with Crippen molar-refractivity contribution < 1.29 is 9.59 Å². The predicted molar refractivity (Wildman–Crippen MR) is 80.8 cm³/mol. The number of hydrazine groups is 1. The normalized spacial score (nSPS) is 23.2. The molecule has 118 valence electrons. The fraction of sp³-hybridized carbons (Fsp3) is 0.600. The Morgan fingerprint density at radius 3 is 2.36 bits per heavy atom. The van der Waals surface area contributed by atoms with Gasteiger partial charge in [-0.2, -0.15) is 5.01 Å². The molecule has 2 saturated heterocycles. The smallest absolute Gasteiger partial charge is 0.266 e. The van der Waals surface area contributed by atoms with E-state index in [0.717, 1.165) is 42.3 Å². The largest absolute Gasteiger partial charge is 0.291 e. The highest BCUT2D eigenvalue weighted by molar-refractivity contribution is 6.06. The molecule has 2 amide bonds. The first-order valence-corrected chi connectivity index (χ1v) is 7.74. The summed E-state index contributed by atoms with van der Waals surface area (Å²) in [6.45, 7) is 5.48. The fourth-order valence-corrected chi connectivity index (χ4v) is 3.12. The van der Waals surface area contributed by atoms with Crippen LogP contribution in [0.2, 0.25) is 0 Å². The van der Waals surface area contributed by atoms with Crippen LogP contribution in [-0.4, -0.2) is 50.8 Å². The summed E-state index contributed by atoms with van der Waals surface area (Å²) in [6.07, 6.45) is 3.61. The molecule has 1 N–H and O–H groups in total. The molecule has 1 atom stereocenters. The molecule has 7 nitrogen and oxygen atoms in total. The van der Waals surface area contributed by atoms with E-state index >= 15 is 0 Å². The molecule has 1 aromatic rings. The van der Waals surface area contributed by atoms with Crippen LogP contribution in [0, 0.1) is 13.8 Å². The lowest BCUT2D eigenvalue weighted by molar-refractivity contribution is -0.138. The summed E-state index contributed by atoms with van der Waals surface area (Å²) in [6, 6.07) is 1.50. The number of hydrogen-bond acceptors (Lipinski definition) is 6. The van der Waals surface area contributed by atoms with Crippen LogP contribution in [0.5, 0.6) is 0 Å². The number of likely N-dealkylation sites (tertiary alicyclic amines) is 1. The molecule has 0 unspecified atom stereocenters. The first-order chi connectivity index (χ1) is 10.5. The molecule has 2 fully saturated rings. The van der Waals surface area contributed by atoms with Crippen LogP contribution in [0.25, 0.3) is 0 Å². The van der Waals surface area contributed by atoms with Crippen molar-refractivity contribution in [3.63, 3.8) is 0 Å². The highest BCUT2D eigenvalue weighted by Crippen LogP contribution is 2.22. The minimum Gasteiger partial charge on any atom is -0.291 e. The van der Waals surface area contributed by atoms with Crippen LogP contribution in [0.1, 0.15) is 37.1 Å². The monoisotopic (exact) mass is 303 g/mol. The molecular formula is C15H21N5O2. The third-order valence-corrected chi connectivity index (χ3v) is 4.15. The van der Waals surface area contributed by atoms with E-state index in [-0.39, 0.29) is 24.3 Å². The summed E-state index contributed by atoms with van der Waals surface area (Å²) in [4.78, 5) is 35.3. The number of rotatable bonds is 3. The maximum Gasteiger partial charge on any atom is 0.266 e. The Balaban J connectivity index is 1.73. The topological polar surface area (TPSA) is 78.4 Å². The fourth-order valence-electron chi connectivity index (χ4n) is 3.12. The Morgan fingerprint density at radius 1 is 1.09 bits per heavy atom. The number of nitrogens with one attached hydrogen (secondary N) is 1. The maximum atomic E-state index is 12.5. The van der Waals surface area contributed by atoms with Crippen molar-refractivity contribution >= 4 is 17.8 Å². The lowest BCUT2D eigenvalue weighted by Crippen LogP contribution is -2.45. The zero-order chi connectivity index (χ0) is 15.7. The second-order valence-corrected chi connectivity index (χ2v) is 5.97. The number of aromatic nitrogens is 2. The van der Waals surface area contributed by atoms with Crippen LogP contribution >= 0.6 is 0 Å². The van der Waals surface area contributed by atoms with Crippen molar-refractivity contribution in [2.24, 2.45) is 0 Å². The lowest BCUT2D eigenvalue weighted by Gasteiger charge is -2.30. The second kappa shape index (κ2) is 6.00. The van der Waals surface area contributed by atoms with Gasteiger partial charge in [0.25, 0.3) is 5.91 Å². The van der Waals surface area contributed by atoms with Gasteiger partial charge in [0.1, 0.15) is 6.04 Å². The second-order valence-electron chi connectivity index (χ2n) is 5.97. The number of piperidine rings is 1. The molecule has 3 heterocycles. The van der Waals surface area contributed by atoms with E-state index in [4.69, 9.17) is 0 Å². The van der Waals surface area contributed by atoms with Gasteiger partial charge in [-0.15, -0.1) is 0 Å². The molecule has 22 heavy (non-hydrogen) atoms. The number of imide groups is 1. The van der Waals surface area contributed by atoms with Crippen molar-refractivity contribution in [3.05, 3.63) is 17.5 Å². The van der Waals surface area contributed by atoms with Crippen LogP contribution in [0.4, 0.5) is 5.95 Å². The molecule has 0 saturated carbocycles. The van der Waals surface area contributed by atoms with Crippen molar-refractivity contribution in [1.29, 1.82) is 0 Å². The van der Waals surface area contributed by atoms with Gasteiger partial charge in [0, 0.05) is 11.4 Å². The zero-order valence-corrected chi connectivity index (χ0v) is 13.0. The number of anilines is 1. The number of hydrogen-bond donors (Lipinski definition) is 1. The molecule has 2 aliphatic rings. The van der Waals surface area contributed by atoms with Gasteiger partial charge in [-0.05, 0) is 45.8 Å². The molecule has 2 aliphatic heterocycles. The minimum absolute atomic E-state index is 0.199. The van der Waals surface area contributed by atoms with Gasteiger partial charge in [-0.3, -0.25) is 19.9 Å². The van der Waals surface area contributed by atoms with Gasteiger partial charge in [-0.25, -0.2) is 9.97 Å². The number of carbonyl (C=O) groups is 2. The van der Waals surface area contributed by atoms with Gasteiger partial charge in [0.15, 0.2) is 0 Å². The van der Waals surface area contributed by atoms with E-state index in [2.05, 4.69) is 20.3 Å². The highest BCUT2D eigenvalue weighted by Gasteiger charge is 2.42. The Kier molecular flexibility index (Phi) is 4.06. The quantitative estimate of drug-likeness (QED) is 0.840. The van der Waals surface area contributed by atoms with Crippen molar-refractivity contribution in [3.8, 4) is 0 Å². The third-order valence-electron chi connectivity index (χ3n) is 4.15. The average Bonchev–Trinajstić information content (AvgIpc) is 2.75. The summed E-state index contributed by atoms with van der Waals surface area (Å²) in [5.41, 5.74) is 4.36. The van der Waals surface area contributed by atoms with Crippen molar-refractivity contribution in [2.45, 2.75) is 45.6 Å². The Hall–Kier alpha value is -2.02. The first-order valence-electron chi connectivity index (χ1n) is 7.74. The van der Waals surface area contributed by atoms with Crippen molar-refractivity contribution in [2.75, 3.05) is 18.5 Å². The molecule has 0 spiro atoms. The molecule has 0 bridgehead atoms. The van der Waals surface area contributed by atoms with Crippen LogP contribution in [0.3, 0.4) is 0 Å². The zero-order valence-electron chi connectivity index (χ0n) is 13.0. The number of amides is 2. The molecule has 1 aromatic heterocycles. The minimum atomic E-state index is -0.341. The standard InChI is InChI=1S/C15H21N5O2/c1-10-8-11(2)17-15(16-10)18-20-13(21)9-12(14(20)22)19-6-4-3-5-7-19/h8,12H,3-7,9H2,1-2H3,(H,16,17,18)/t12-/m0/s1. The summed E-state index contributed by atoms with van der Waals surface area (Å²) >= 11 is 0. The van der Waals surface area contributed by atoms with Gasteiger partial charge >= 0.3 is 0 Å². The number of aryl methyl sites for hydroxylation is 2. The van der Waals surface area contributed by atoms with Gasteiger partial charge in [0.2, 0.25) is 11.9 Å². The maximum absolute atomic E-state index is 12.5. The summed E-state index contributed by atoms with van der Waals surface area (Å²) in [7, 11) is 0. The van der Waals surface area contributed by atoms with Gasteiger partial charge < -0.3 is 0 Å². The van der Waals surface area contributed by atoms with E-state index in [1.165, 1.54) is 6.42 Å². The molecule has 3 rings (SSSR count). The van der Waals surface area contributed by atoms with Crippen molar-refractivity contribution in [1.82, 2.24) is 19.9 Å². The summed E-state index contributed by atoms with van der Waals surface area (Å²) < 4.78 is 0. The summed E-state index contributed by atoms with van der Waals surface area (Å²) in [5, 5.41) is 1.08. The lowest BCUT2D eigenvalue weighted by atomic mass is 10.1. The van der Waals surface area contributed by atoms with Crippen LogP contribution in [-0.2, 0) is 9.59 Å². The molecule has 0 aromatic carbocycles. The van der Waals surface area contributed by atoms with Gasteiger partial charge in [-0.1, -0.05) is 6.42 Å². The Bertz CT molecular complexity index is 577. The number of nitrogens with zero attached hydrogens (tertiary/aromatic N) is 4. The van der Waals surface area contributed by atoms with Crippen LogP contribution < -0.4 is 5.43 Å². The third kappa shape index (κ3) is 2.94. The summed E-state index contributed by atoms with van der Waals surface area (Å²) in [5.74, 6) is -0.128. The first kappa shape index (κ1) is 14.9. The van der Waals surface area contributed by atoms with E-state index in [9.17, 15) is 9.59 Å². The average molecular weight is 303 g/mol.